The molecule has 0 aliphatic carbocycles. The number of amides is 2. The number of carbonyl (C=O) groups excluding carboxylic acids is 2. The van der Waals surface area contributed by atoms with Crippen LogP contribution in [0.15, 0.2) is 24.3 Å². The molecule has 1 aromatic rings. The molecule has 0 saturated heterocycles. The molecule has 1 rings (SSSR count). The lowest BCUT2D eigenvalue weighted by Gasteiger charge is -2.33. The molecule has 130 valence electrons. The number of hydrogen-bond acceptors (Lipinski definition) is 3. The molecule has 1 atom stereocenters. The molecule has 5 nitrogen and oxygen atoms in total. The Balaban J connectivity index is 0.00000484. The molecule has 2 amide bonds. The second kappa shape index (κ2) is 9.47. The van der Waals surface area contributed by atoms with Gasteiger partial charge in [-0.3, -0.25) is 9.59 Å². The van der Waals surface area contributed by atoms with Gasteiger partial charge in [0.1, 0.15) is 5.82 Å². The zero-order valence-corrected chi connectivity index (χ0v) is 14.5. The van der Waals surface area contributed by atoms with E-state index in [-0.39, 0.29) is 43.1 Å². The average molecular weight is 346 g/mol. The Morgan fingerprint density at radius 3 is 2.48 bits per heavy atom. The lowest BCUT2D eigenvalue weighted by atomic mass is 9.88. The molecule has 4 N–H and O–H groups in total. The zero-order valence-electron chi connectivity index (χ0n) is 13.7. The summed E-state index contributed by atoms with van der Waals surface area (Å²) in [4.78, 5) is 23.7. The summed E-state index contributed by atoms with van der Waals surface area (Å²) in [6, 6.07) is 5.81. The SMILES string of the molecule is CC(C)C(C)(CN)NC(=O)CNC(=O)Cc1cccc(F)c1.Cl. The van der Waals surface area contributed by atoms with Crippen molar-refractivity contribution in [3.05, 3.63) is 35.6 Å². The molecule has 0 aliphatic heterocycles. The van der Waals surface area contributed by atoms with Crippen LogP contribution in [0.5, 0.6) is 0 Å². The van der Waals surface area contributed by atoms with Crippen molar-refractivity contribution in [3.63, 3.8) is 0 Å². The summed E-state index contributed by atoms with van der Waals surface area (Å²) in [7, 11) is 0. The Morgan fingerprint density at radius 2 is 1.96 bits per heavy atom. The van der Waals surface area contributed by atoms with Gasteiger partial charge in [0.15, 0.2) is 0 Å². The van der Waals surface area contributed by atoms with Crippen LogP contribution in [0, 0.1) is 11.7 Å². The molecule has 7 heteroatoms. The van der Waals surface area contributed by atoms with E-state index in [1.54, 1.807) is 12.1 Å². The van der Waals surface area contributed by atoms with Crippen LogP contribution in [0.3, 0.4) is 0 Å². The summed E-state index contributed by atoms with van der Waals surface area (Å²) in [5.74, 6) is -0.850. The molecular weight excluding hydrogens is 321 g/mol. The van der Waals surface area contributed by atoms with Crippen LogP contribution in [-0.2, 0) is 16.0 Å². The normalized spacial score (nSPS) is 13.0. The standard InChI is InChI=1S/C16H24FN3O2.ClH/c1-11(2)16(3,10-18)20-15(22)9-19-14(21)8-12-5-4-6-13(17)7-12;/h4-7,11H,8-10,18H2,1-3H3,(H,19,21)(H,20,22);1H. The number of carbonyl (C=O) groups is 2. The highest BCUT2D eigenvalue weighted by Gasteiger charge is 2.28. The molecule has 23 heavy (non-hydrogen) atoms. The zero-order chi connectivity index (χ0) is 16.8. The van der Waals surface area contributed by atoms with Gasteiger partial charge in [-0.1, -0.05) is 26.0 Å². The van der Waals surface area contributed by atoms with Crippen molar-refractivity contribution in [2.24, 2.45) is 11.7 Å². The van der Waals surface area contributed by atoms with Gasteiger partial charge in [0.25, 0.3) is 0 Å². The van der Waals surface area contributed by atoms with E-state index >= 15 is 0 Å². The van der Waals surface area contributed by atoms with Crippen LogP contribution in [0.1, 0.15) is 26.3 Å². The van der Waals surface area contributed by atoms with Crippen LogP contribution in [0.25, 0.3) is 0 Å². The lowest BCUT2D eigenvalue weighted by Crippen LogP contribution is -2.56. The van der Waals surface area contributed by atoms with Gasteiger partial charge in [-0.25, -0.2) is 4.39 Å². The van der Waals surface area contributed by atoms with E-state index in [1.165, 1.54) is 12.1 Å². The Bertz CT molecular complexity index is 540. The van der Waals surface area contributed by atoms with E-state index in [4.69, 9.17) is 5.73 Å². The summed E-state index contributed by atoms with van der Waals surface area (Å²) in [5.41, 5.74) is 5.74. The van der Waals surface area contributed by atoms with Crippen LogP contribution < -0.4 is 16.4 Å². The monoisotopic (exact) mass is 345 g/mol. The van der Waals surface area contributed by atoms with Gasteiger partial charge < -0.3 is 16.4 Å². The molecule has 0 aliphatic rings. The Labute approximate surface area is 142 Å². The number of hydrogen-bond donors (Lipinski definition) is 3. The van der Waals surface area contributed by atoms with Crippen molar-refractivity contribution >= 4 is 24.2 Å². The first-order valence-corrected chi connectivity index (χ1v) is 7.29. The number of rotatable bonds is 7. The molecule has 0 fully saturated rings. The Kier molecular flexibility index (Phi) is 8.79. The van der Waals surface area contributed by atoms with Gasteiger partial charge in [0.05, 0.1) is 18.5 Å². The highest BCUT2D eigenvalue weighted by Crippen LogP contribution is 2.14. The largest absolute Gasteiger partial charge is 0.348 e. The van der Waals surface area contributed by atoms with Gasteiger partial charge in [-0.15, -0.1) is 12.4 Å². The second-order valence-electron chi connectivity index (χ2n) is 5.91. The molecule has 1 aromatic carbocycles. The molecule has 0 bridgehead atoms. The van der Waals surface area contributed by atoms with E-state index in [9.17, 15) is 14.0 Å². The summed E-state index contributed by atoms with van der Waals surface area (Å²) < 4.78 is 13.0. The number of halogens is 2. The minimum absolute atomic E-state index is 0. The minimum Gasteiger partial charge on any atom is -0.348 e. The Morgan fingerprint density at radius 1 is 1.30 bits per heavy atom. The highest BCUT2D eigenvalue weighted by molar-refractivity contribution is 5.86. The topological polar surface area (TPSA) is 84.2 Å². The second-order valence-corrected chi connectivity index (χ2v) is 5.91. The van der Waals surface area contributed by atoms with Gasteiger partial charge in [-0.05, 0) is 30.5 Å². The molecule has 0 aromatic heterocycles. The fourth-order valence-electron chi connectivity index (χ4n) is 1.87. The quantitative estimate of drug-likeness (QED) is 0.698. The summed E-state index contributed by atoms with van der Waals surface area (Å²) in [6.45, 7) is 5.99. The number of nitrogens with one attached hydrogen (secondary N) is 2. The van der Waals surface area contributed by atoms with E-state index < -0.39 is 11.4 Å². The predicted octanol–water partition coefficient (Wildman–Crippen LogP) is 1.40. The van der Waals surface area contributed by atoms with Gasteiger partial charge >= 0.3 is 0 Å². The van der Waals surface area contributed by atoms with Gasteiger partial charge in [0, 0.05) is 6.54 Å². The predicted molar refractivity (Wildman–Crippen MR) is 90.8 cm³/mol. The van der Waals surface area contributed by atoms with Crippen molar-refractivity contribution in [1.29, 1.82) is 0 Å². The number of benzene rings is 1. The van der Waals surface area contributed by atoms with Crippen LogP contribution in [0.2, 0.25) is 0 Å². The van der Waals surface area contributed by atoms with Crippen molar-refractivity contribution in [3.8, 4) is 0 Å². The molecule has 0 spiro atoms. The summed E-state index contributed by atoms with van der Waals surface area (Å²) in [5, 5.41) is 5.35. The minimum atomic E-state index is -0.510. The summed E-state index contributed by atoms with van der Waals surface area (Å²) in [6.07, 6.45) is 0.0311. The van der Waals surface area contributed by atoms with Crippen molar-refractivity contribution < 1.29 is 14.0 Å². The number of nitrogens with two attached hydrogens (primary N) is 1. The first-order chi connectivity index (χ1) is 10.3. The fourth-order valence-corrected chi connectivity index (χ4v) is 1.87. The van der Waals surface area contributed by atoms with Crippen LogP contribution in [-0.4, -0.2) is 30.4 Å². The average Bonchev–Trinajstić information content (AvgIpc) is 2.45. The third-order valence-corrected chi connectivity index (χ3v) is 3.82. The molecule has 0 heterocycles. The van der Waals surface area contributed by atoms with E-state index in [0.29, 0.717) is 12.1 Å². The van der Waals surface area contributed by atoms with Crippen LogP contribution >= 0.6 is 12.4 Å². The maximum absolute atomic E-state index is 13.0. The maximum atomic E-state index is 13.0. The van der Waals surface area contributed by atoms with Crippen molar-refractivity contribution in [1.82, 2.24) is 10.6 Å². The lowest BCUT2D eigenvalue weighted by molar-refractivity contribution is -0.127. The summed E-state index contributed by atoms with van der Waals surface area (Å²) >= 11 is 0. The molecular formula is C16H25ClFN3O2. The smallest absolute Gasteiger partial charge is 0.239 e. The van der Waals surface area contributed by atoms with E-state index in [1.807, 2.05) is 20.8 Å². The molecule has 0 radical (unpaired) electrons. The molecule has 1 unspecified atom stereocenters. The third-order valence-electron chi connectivity index (χ3n) is 3.82. The van der Waals surface area contributed by atoms with E-state index in [0.717, 1.165) is 0 Å². The van der Waals surface area contributed by atoms with Gasteiger partial charge in [0.2, 0.25) is 11.8 Å². The van der Waals surface area contributed by atoms with Crippen molar-refractivity contribution in [2.45, 2.75) is 32.7 Å². The first kappa shape index (κ1) is 21.3. The van der Waals surface area contributed by atoms with Crippen molar-refractivity contribution in [2.75, 3.05) is 13.1 Å². The molecule has 0 saturated carbocycles. The van der Waals surface area contributed by atoms with Crippen LogP contribution in [0.4, 0.5) is 4.39 Å². The maximum Gasteiger partial charge on any atom is 0.239 e. The third kappa shape index (κ3) is 6.97. The Hall–Kier alpha value is -1.66. The van der Waals surface area contributed by atoms with E-state index in [2.05, 4.69) is 10.6 Å². The highest BCUT2D eigenvalue weighted by atomic mass is 35.5. The van der Waals surface area contributed by atoms with Gasteiger partial charge in [-0.2, -0.15) is 0 Å². The fraction of sp³-hybridized carbons (Fsp3) is 0.500. The first-order valence-electron chi connectivity index (χ1n) is 7.29.